The minimum atomic E-state index is -4.95. The van der Waals surface area contributed by atoms with E-state index in [1.807, 2.05) is 0 Å². The average molecular weight is 1340 g/mol. The minimum absolute atomic E-state index is 0.105. The Morgan fingerprint density at radius 1 is 0.308 bits per heavy atom. The Labute approximate surface area is 556 Å². The lowest BCUT2D eigenvalue weighted by Gasteiger charge is -2.21. The lowest BCUT2D eigenvalue weighted by molar-refractivity contribution is -0.161. The van der Waals surface area contributed by atoms with Gasteiger partial charge in [0.1, 0.15) is 19.3 Å². The van der Waals surface area contributed by atoms with Crippen molar-refractivity contribution in [2.45, 2.75) is 375 Å². The first-order valence-electron chi connectivity index (χ1n) is 37.3. The van der Waals surface area contributed by atoms with Crippen LogP contribution in [0, 0.1) is 23.7 Å². The highest BCUT2D eigenvalue weighted by molar-refractivity contribution is 7.47. The maximum absolute atomic E-state index is 13.0. The summed E-state index contributed by atoms with van der Waals surface area (Å²) >= 11 is 0. The van der Waals surface area contributed by atoms with Crippen LogP contribution in [0.5, 0.6) is 0 Å². The topological polar surface area (TPSA) is 237 Å². The van der Waals surface area contributed by atoms with E-state index < -0.39 is 97.5 Å². The van der Waals surface area contributed by atoms with Crippen LogP contribution < -0.4 is 0 Å². The van der Waals surface area contributed by atoms with E-state index in [1.54, 1.807) is 0 Å². The Bertz CT molecular complexity index is 1800. The summed E-state index contributed by atoms with van der Waals surface area (Å²) in [5.41, 5.74) is 0. The molecular weight excluding hydrogens is 1200 g/mol. The van der Waals surface area contributed by atoms with Gasteiger partial charge in [-0.15, -0.1) is 0 Å². The zero-order valence-corrected chi connectivity index (χ0v) is 61.3. The van der Waals surface area contributed by atoms with Crippen molar-refractivity contribution < 1.29 is 80.2 Å². The molecule has 0 fully saturated rings. The molecule has 0 aliphatic heterocycles. The summed E-state index contributed by atoms with van der Waals surface area (Å²) in [6, 6.07) is 0. The predicted octanol–water partition coefficient (Wildman–Crippen LogP) is 20.5. The number of hydrogen-bond acceptors (Lipinski definition) is 15. The summed E-state index contributed by atoms with van der Waals surface area (Å²) < 4.78 is 68.4. The number of aliphatic hydroxyl groups excluding tert-OH is 1. The van der Waals surface area contributed by atoms with Gasteiger partial charge in [-0.2, -0.15) is 0 Å². The van der Waals surface area contributed by atoms with E-state index in [0.29, 0.717) is 25.7 Å². The van der Waals surface area contributed by atoms with Crippen LogP contribution >= 0.6 is 15.6 Å². The van der Waals surface area contributed by atoms with Gasteiger partial charge in [-0.05, 0) is 49.4 Å². The summed E-state index contributed by atoms with van der Waals surface area (Å²) in [5, 5.41) is 10.6. The number of phosphoric acid groups is 2. The molecular formula is C72H140O17P2. The molecule has 0 aliphatic rings. The number of aliphatic hydroxyl groups is 1. The normalized spacial score (nSPS) is 14.8. The standard InChI is InChI=1S/C72H140O17P2/c1-9-64(7)50-42-34-26-20-15-16-21-27-36-44-52-69(74)82-58-67(88-72(77)55-47-39-29-23-17-19-25-33-41-49-63(5)6)60-86-90(78,79)84-56-66(73)57-85-91(80,81)87-61-68(59-83-70(75)53-45-37-31-30-35-43-51-65(8)10-2)89-71(76)54-46-38-28-22-14-12-11-13-18-24-32-40-48-62(3)4/h62-68,73H,9-61H2,1-8H3,(H,78,79)(H,80,81)/t64?,65?,66-,67-,68-/m1/s1. The fourth-order valence-corrected chi connectivity index (χ4v) is 12.4. The van der Waals surface area contributed by atoms with Crippen LogP contribution in [0.25, 0.3) is 0 Å². The van der Waals surface area contributed by atoms with Crippen molar-refractivity contribution in [3.63, 3.8) is 0 Å². The molecule has 0 heterocycles. The molecule has 17 nitrogen and oxygen atoms in total. The number of hydrogen-bond donors (Lipinski definition) is 3. The van der Waals surface area contributed by atoms with E-state index in [9.17, 15) is 43.2 Å². The molecule has 0 bridgehead atoms. The highest BCUT2D eigenvalue weighted by Crippen LogP contribution is 2.45. The monoisotopic (exact) mass is 1340 g/mol. The molecule has 0 spiro atoms. The Hall–Kier alpha value is -1.94. The quantitative estimate of drug-likeness (QED) is 0.0222. The molecule has 0 amide bonds. The van der Waals surface area contributed by atoms with Crippen LogP contribution in [0.4, 0.5) is 0 Å². The molecule has 0 aromatic rings. The van der Waals surface area contributed by atoms with E-state index in [0.717, 1.165) is 120 Å². The van der Waals surface area contributed by atoms with E-state index in [1.165, 1.54) is 154 Å². The van der Waals surface area contributed by atoms with E-state index in [2.05, 4.69) is 55.4 Å². The van der Waals surface area contributed by atoms with Gasteiger partial charge < -0.3 is 33.8 Å². The molecule has 0 saturated heterocycles. The number of carbonyl (C=O) groups is 4. The summed E-state index contributed by atoms with van der Waals surface area (Å²) in [6.07, 6.45) is 44.3. The summed E-state index contributed by atoms with van der Waals surface area (Å²) in [5.74, 6) is 0.926. The second kappa shape index (κ2) is 61.6. The average Bonchev–Trinajstić information content (AvgIpc) is 3.63. The van der Waals surface area contributed by atoms with Crippen LogP contribution in [0.2, 0.25) is 0 Å². The van der Waals surface area contributed by atoms with Gasteiger partial charge in [0, 0.05) is 25.7 Å². The number of esters is 4. The molecule has 0 saturated carbocycles. The lowest BCUT2D eigenvalue weighted by atomic mass is 9.99. The predicted molar refractivity (Wildman–Crippen MR) is 367 cm³/mol. The van der Waals surface area contributed by atoms with Gasteiger partial charge in [0.2, 0.25) is 0 Å². The number of carbonyl (C=O) groups excluding carboxylic acids is 4. The first-order chi connectivity index (χ1) is 43.7. The molecule has 3 N–H and O–H groups in total. The van der Waals surface area contributed by atoms with Crippen LogP contribution in [0.3, 0.4) is 0 Å². The molecule has 0 aromatic carbocycles. The molecule has 0 aromatic heterocycles. The molecule has 4 unspecified atom stereocenters. The Morgan fingerprint density at radius 2 is 0.527 bits per heavy atom. The van der Waals surface area contributed by atoms with Crippen molar-refractivity contribution >= 4 is 39.5 Å². The maximum Gasteiger partial charge on any atom is 0.472 e. The van der Waals surface area contributed by atoms with E-state index >= 15 is 0 Å². The minimum Gasteiger partial charge on any atom is -0.462 e. The molecule has 0 radical (unpaired) electrons. The molecule has 19 heteroatoms. The fraction of sp³-hybridized carbons (Fsp3) is 0.944. The third-order valence-corrected chi connectivity index (χ3v) is 19.2. The van der Waals surface area contributed by atoms with Crippen molar-refractivity contribution in [2.75, 3.05) is 39.6 Å². The van der Waals surface area contributed by atoms with Gasteiger partial charge in [-0.3, -0.25) is 37.3 Å². The van der Waals surface area contributed by atoms with Gasteiger partial charge in [-0.1, -0.05) is 306 Å². The summed E-state index contributed by atoms with van der Waals surface area (Å²) in [6.45, 7) is 14.1. The molecule has 7 atom stereocenters. The second-order valence-corrected chi connectivity index (χ2v) is 30.3. The first kappa shape index (κ1) is 89.1. The zero-order valence-electron chi connectivity index (χ0n) is 59.5. The zero-order chi connectivity index (χ0) is 67.5. The van der Waals surface area contributed by atoms with Crippen LogP contribution in [-0.4, -0.2) is 96.7 Å². The molecule has 0 aliphatic carbocycles. The summed E-state index contributed by atoms with van der Waals surface area (Å²) in [4.78, 5) is 72.6. The number of phosphoric ester groups is 2. The van der Waals surface area contributed by atoms with Gasteiger partial charge >= 0.3 is 39.5 Å². The fourth-order valence-electron chi connectivity index (χ4n) is 10.8. The number of unbranched alkanes of at least 4 members (excludes halogenated alkanes) is 33. The van der Waals surface area contributed by atoms with E-state index in [-0.39, 0.29) is 25.7 Å². The van der Waals surface area contributed by atoms with Crippen LogP contribution in [-0.2, 0) is 65.4 Å². The molecule has 91 heavy (non-hydrogen) atoms. The largest absolute Gasteiger partial charge is 0.472 e. The molecule has 540 valence electrons. The van der Waals surface area contributed by atoms with Gasteiger partial charge in [0.15, 0.2) is 12.2 Å². The number of ether oxygens (including phenoxy) is 4. The lowest BCUT2D eigenvalue weighted by Crippen LogP contribution is -2.30. The maximum atomic E-state index is 13.0. The Kier molecular flexibility index (Phi) is 60.3. The molecule has 0 rings (SSSR count). The van der Waals surface area contributed by atoms with Crippen LogP contribution in [0.1, 0.15) is 357 Å². The summed E-state index contributed by atoms with van der Waals surface area (Å²) in [7, 11) is -9.91. The highest BCUT2D eigenvalue weighted by Gasteiger charge is 2.30. The van der Waals surface area contributed by atoms with Gasteiger partial charge in [0.05, 0.1) is 26.4 Å². The number of rotatable bonds is 69. The third-order valence-electron chi connectivity index (χ3n) is 17.3. The van der Waals surface area contributed by atoms with Gasteiger partial charge in [0.25, 0.3) is 0 Å². The first-order valence-corrected chi connectivity index (χ1v) is 40.3. The van der Waals surface area contributed by atoms with Crippen molar-refractivity contribution in [1.82, 2.24) is 0 Å². The van der Waals surface area contributed by atoms with E-state index in [4.69, 9.17) is 37.0 Å². The Morgan fingerprint density at radius 3 is 0.780 bits per heavy atom. The Balaban J connectivity index is 5.26. The highest BCUT2D eigenvalue weighted by atomic mass is 31.2. The SMILES string of the molecule is CCC(C)CCCCCCCCCCCCC(=O)OC[C@H](COP(=O)(O)OC[C@@H](O)COP(=O)(O)OC[C@@H](COC(=O)CCCCCCCCC(C)CC)OC(=O)CCCCCCCCCCCCCCC(C)C)OC(=O)CCCCCCCCCCCC(C)C. The smallest absolute Gasteiger partial charge is 0.462 e. The second-order valence-electron chi connectivity index (χ2n) is 27.4. The van der Waals surface area contributed by atoms with Crippen molar-refractivity contribution in [2.24, 2.45) is 23.7 Å². The third kappa shape index (κ3) is 63.9. The van der Waals surface area contributed by atoms with Crippen molar-refractivity contribution in [1.29, 1.82) is 0 Å². The van der Waals surface area contributed by atoms with Crippen molar-refractivity contribution in [3.8, 4) is 0 Å². The van der Waals surface area contributed by atoms with Crippen LogP contribution in [0.15, 0.2) is 0 Å². The van der Waals surface area contributed by atoms with Crippen molar-refractivity contribution in [3.05, 3.63) is 0 Å². The van der Waals surface area contributed by atoms with Gasteiger partial charge in [-0.25, -0.2) is 9.13 Å².